The largest absolute Gasteiger partial charge is 0.465 e. The third kappa shape index (κ3) is 3.85. The summed E-state index contributed by atoms with van der Waals surface area (Å²) in [6.45, 7) is 2.08. The van der Waals surface area contributed by atoms with Crippen LogP contribution in [-0.4, -0.2) is 59.4 Å². The van der Waals surface area contributed by atoms with Crippen LogP contribution in [0.4, 0.5) is 22.2 Å². The fourth-order valence-electron chi connectivity index (χ4n) is 2.72. The second-order valence-corrected chi connectivity index (χ2v) is 6.51. The molecule has 2 aromatic rings. The number of hydrogen-bond donors (Lipinski definition) is 3. The number of piperazine rings is 1. The Hall–Kier alpha value is -2.88. The Morgan fingerprint density at radius 3 is 2.62 bits per heavy atom. The molecular weight excluding hydrogens is 358 g/mol. The summed E-state index contributed by atoms with van der Waals surface area (Å²) in [6.07, 6.45) is 2.23. The van der Waals surface area contributed by atoms with Crippen molar-refractivity contribution in [2.75, 3.05) is 48.4 Å². The van der Waals surface area contributed by atoms with Gasteiger partial charge in [0.2, 0.25) is 0 Å². The van der Waals surface area contributed by atoms with Gasteiger partial charge < -0.3 is 30.4 Å². The Kier molecular flexibility index (Phi) is 5.21. The van der Waals surface area contributed by atoms with Gasteiger partial charge in [-0.05, 0) is 24.5 Å². The molecule has 0 spiro atoms. The van der Waals surface area contributed by atoms with E-state index in [2.05, 4.69) is 15.2 Å². The zero-order valence-corrected chi connectivity index (χ0v) is 15.0. The minimum atomic E-state index is -0.901. The molecule has 0 atom stereocenters. The van der Waals surface area contributed by atoms with E-state index in [4.69, 9.17) is 15.3 Å². The van der Waals surface area contributed by atoms with Crippen molar-refractivity contribution in [2.45, 2.75) is 4.90 Å². The highest BCUT2D eigenvalue weighted by Gasteiger charge is 2.21. The number of oxazole rings is 1. The van der Waals surface area contributed by atoms with Crippen molar-refractivity contribution >= 4 is 41.2 Å². The Bertz CT molecular complexity index is 817. The van der Waals surface area contributed by atoms with Crippen LogP contribution in [-0.2, 0) is 0 Å². The average Bonchev–Trinajstić information content (AvgIpc) is 3.08. The topological polar surface area (TPSA) is 125 Å². The molecule has 10 heteroatoms. The number of nitrogens with two attached hydrogens (primary N) is 1. The summed E-state index contributed by atoms with van der Waals surface area (Å²) >= 11 is 1.51. The van der Waals surface area contributed by atoms with Gasteiger partial charge in [-0.1, -0.05) is 0 Å². The fourth-order valence-corrected chi connectivity index (χ4v) is 3.26. The molecule has 1 saturated heterocycles. The van der Waals surface area contributed by atoms with E-state index in [0.717, 1.165) is 10.6 Å². The summed E-state index contributed by atoms with van der Waals surface area (Å²) in [5.41, 5.74) is 7.09. The van der Waals surface area contributed by atoms with Crippen molar-refractivity contribution in [3.8, 4) is 0 Å². The number of nitrogens with zero attached hydrogens (tertiary/aromatic N) is 3. The summed E-state index contributed by atoms with van der Waals surface area (Å²) in [4.78, 5) is 31.6. The predicted octanol–water partition coefficient (Wildman–Crippen LogP) is 2.03. The Morgan fingerprint density at radius 1 is 1.31 bits per heavy atom. The average molecular weight is 377 g/mol. The highest BCUT2D eigenvalue weighted by Crippen LogP contribution is 2.31. The van der Waals surface area contributed by atoms with E-state index < -0.39 is 12.0 Å². The number of hydrogen-bond acceptors (Lipinski definition) is 7. The standard InChI is InChI=1S/C16H19N5O4S/c1-26-13-3-2-10(20-4-6-21(7-5-20)16(23)24)8-11(13)18-14(22)12-9-25-15(17)19-12/h2-3,8-9H,4-7H2,1H3,(H2,17,19)(H,18,22)(H,23,24). The summed E-state index contributed by atoms with van der Waals surface area (Å²) in [5, 5.41) is 11.9. The molecule has 138 valence electrons. The van der Waals surface area contributed by atoms with Crippen LogP contribution in [0, 0.1) is 0 Å². The zero-order valence-electron chi connectivity index (χ0n) is 14.1. The molecule has 1 fully saturated rings. The lowest BCUT2D eigenvalue weighted by Gasteiger charge is -2.35. The molecule has 0 bridgehead atoms. The number of amides is 2. The summed E-state index contributed by atoms with van der Waals surface area (Å²) < 4.78 is 4.87. The first-order valence-corrected chi connectivity index (χ1v) is 9.13. The van der Waals surface area contributed by atoms with E-state index in [9.17, 15) is 9.59 Å². The lowest BCUT2D eigenvalue weighted by molar-refractivity contribution is 0.102. The lowest BCUT2D eigenvalue weighted by Crippen LogP contribution is -2.48. The number of rotatable bonds is 4. The van der Waals surface area contributed by atoms with Gasteiger partial charge in [0, 0.05) is 36.8 Å². The molecule has 1 aliphatic heterocycles. The molecule has 3 rings (SSSR count). The highest BCUT2D eigenvalue weighted by molar-refractivity contribution is 7.98. The molecule has 26 heavy (non-hydrogen) atoms. The molecule has 0 unspecified atom stereocenters. The van der Waals surface area contributed by atoms with Crippen LogP contribution in [0.1, 0.15) is 10.5 Å². The number of carboxylic acid groups (broad SMARTS) is 1. The minimum Gasteiger partial charge on any atom is -0.465 e. The number of carbonyl (C=O) groups excluding carboxylic acids is 1. The number of nitrogens with one attached hydrogen (secondary N) is 1. The van der Waals surface area contributed by atoms with Gasteiger partial charge in [0.1, 0.15) is 6.26 Å². The SMILES string of the molecule is CSc1ccc(N2CCN(C(=O)O)CC2)cc1NC(=O)c1coc(N)n1. The van der Waals surface area contributed by atoms with E-state index in [-0.39, 0.29) is 11.7 Å². The first kappa shape index (κ1) is 17.9. The maximum atomic E-state index is 12.3. The van der Waals surface area contributed by atoms with Gasteiger partial charge in [-0.2, -0.15) is 4.98 Å². The normalized spacial score (nSPS) is 14.3. The van der Waals surface area contributed by atoms with Gasteiger partial charge in [0.25, 0.3) is 11.9 Å². The Balaban J connectivity index is 1.76. The molecule has 2 heterocycles. The number of thioether (sulfide) groups is 1. The van der Waals surface area contributed by atoms with E-state index in [0.29, 0.717) is 31.9 Å². The number of nitrogen functional groups attached to an aromatic ring is 1. The van der Waals surface area contributed by atoms with Crippen molar-refractivity contribution in [3.63, 3.8) is 0 Å². The van der Waals surface area contributed by atoms with Gasteiger partial charge in [0.05, 0.1) is 5.69 Å². The van der Waals surface area contributed by atoms with E-state index in [1.54, 1.807) is 0 Å². The van der Waals surface area contributed by atoms with Crippen LogP contribution in [0.25, 0.3) is 0 Å². The van der Waals surface area contributed by atoms with Crippen LogP contribution in [0.3, 0.4) is 0 Å². The third-order valence-corrected chi connectivity index (χ3v) is 4.90. The maximum absolute atomic E-state index is 12.3. The van der Waals surface area contributed by atoms with Crippen molar-refractivity contribution in [1.29, 1.82) is 0 Å². The molecule has 1 aromatic carbocycles. The van der Waals surface area contributed by atoms with Crippen molar-refractivity contribution in [2.24, 2.45) is 0 Å². The fraction of sp³-hybridized carbons (Fsp3) is 0.312. The minimum absolute atomic E-state index is 0.0645. The number of benzene rings is 1. The third-order valence-electron chi connectivity index (χ3n) is 4.10. The second-order valence-electron chi connectivity index (χ2n) is 5.67. The van der Waals surface area contributed by atoms with Crippen LogP contribution >= 0.6 is 11.8 Å². The van der Waals surface area contributed by atoms with Gasteiger partial charge in [-0.3, -0.25) is 4.79 Å². The number of aromatic nitrogens is 1. The van der Waals surface area contributed by atoms with Crippen LogP contribution in [0.2, 0.25) is 0 Å². The Labute approximate surface area is 154 Å². The maximum Gasteiger partial charge on any atom is 0.407 e. The zero-order chi connectivity index (χ0) is 18.7. The smallest absolute Gasteiger partial charge is 0.407 e. The van der Waals surface area contributed by atoms with E-state index in [1.165, 1.54) is 22.9 Å². The van der Waals surface area contributed by atoms with E-state index >= 15 is 0 Å². The number of anilines is 3. The van der Waals surface area contributed by atoms with Crippen molar-refractivity contribution in [3.05, 3.63) is 30.2 Å². The monoisotopic (exact) mass is 377 g/mol. The van der Waals surface area contributed by atoms with Crippen molar-refractivity contribution < 1.29 is 19.1 Å². The quantitative estimate of drug-likeness (QED) is 0.691. The Morgan fingerprint density at radius 2 is 2.04 bits per heavy atom. The number of carbonyl (C=O) groups is 2. The van der Waals surface area contributed by atoms with E-state index in [1.807, 2.05) is 24.5 Å². The van der Waals surface area contributed by atoms with Crippen LogP contribution < -0.4 is 16.0 Å². The molecule has 0 radical (unpaired) electrons. The second kappa shape index (κ2) is 7.56. The van der Waals surface area contributed by atoms with Crippen LogP contribution in [0.15, 0.2) is 33.8 Å². The molecule has 4 N–H and O–H groups in total. The molecule has 1 aromatic heterocycles. The van der Waals surface area contributed by atoms with Gasteiger partial charge in [-0.25, -0.2) is 4.79 Å². The summed E-state index contributed by atoms with van der Waals surface area (Å²) in [6, 6.07) is 5.71. The molecule has 9 nitrogen and oxygen atoms in total. The first-order chi connectivity index (χ1) is 12.5. The predicted molar refractivity (Wildman–Crippen MR) is 98.9 cm³/mol. The van der Waals surface area contributed by atoms with Crippen LogP contribution in [0.5, 0.6) is 0 Å². The molecule has 0 saturated carbocycles. The lowest BCUT2D eigenvalue weighted by atomic mass is 10.2. The first-order valence-electron chi connectivity index (χ1n) is 7.91. The van der Waals surface area contributed by atoms with Crippen molar-refractivity contribution in [1.82, 2.24) is 9.88 Å². The molecule has 1 aliphatic rings. The summed E-state index contributed by atoms with van der Waals surface area (Å²) in [5.74, 6) is -0.409. The van der Waals surface area contributed by atoms with Gasteiger partial charge in [-0.15, -0.1) is 11.8 Å². The highest BCUT2D eigenvalue weighted by atomic mass is 32.2. The van der Waals surface area contributed by atoms with Gasteiger partial charge in [0.15, 0.2) is 5.69 Å². The molecular formula is C16H19N5O4S. The molecule has 2 amide bonds. The molecule has 0 aliphatic carbocycles. The van der Waals surface area contributed by atoms with Gasteiger partial charge >= 0.3 is 6.09 Å². The summed E-state index contributed by atoms with van der Waals surface area (Å²) in [7, 11) is 0.